The number of carboxylic acid groups (broad SMARTS) is 1. The van der Waals surface area contributed by atoms with Crippen LogP contribution in [-0.2, 0) is 10.1 Å². The average Bonchev–Trinajstić information content (AvgIpc) is 2.28. The number of benzene rings is 1. The number of hydrogen-bond donors (Lipinski definition) is 2. The Hall–Kier alpha value is -1.36. The van der Waals surface area contributed by atoms with E-state index < -0.39 is 5.97 Å². The number of amides is 1. The van der Waals surface area contributed by atoms with Crippen LogP contribution in [0.3, 0.4) is 0 Å². The lowest BCUT2D eigenvalue weighted by molar-refractivity contribution is -0.136. The van der Waals surface area contributed by atoms with E-state index in [9.17, 15) is 9.59 Å². The summed E-state index contributed by atoms with van der Waals surface area (Å²) >= 11 is 3.31. The van der Waals surface area contributed by atoms with Crippen molar-refractivity contribution in [2.45, 2.75) is 11.8 Å². The van der Waals surface area contributed by atoms with E-state index in [4.69, 9.17) is 5.11 Å². The molecule has 0 saturated heterocycles. The summed E-state index contributed by atoms with van der Waals surface area (Å²) in [5.41, 5.74) is 1.62. The SMILES string of the molecule is O=C(O)CCNC(=O)c1ccc(CBr)cc1. The lowest BCUT2D eigenvalue weighted by Crippen LogP contribution is -2.25. The first-order valence-corrected chi connectivity index (χ1v) is 5.90. The van der Waals surface area contributed by atoms with Crippen LogP contribution in [0.5, 0.6) is 0 Å². The molecule has 1 aromatic carbocycles. The number of nitrogens with one attached hydrogen (secondary N) is 1. The third-order valence-electron chi connectivity index (χ3n) is 1.99. The standard InChI is InChI=1S/C11H12BrNO3/c12-7-8-1-3-9(4-2-8)11(16)13-6-5-10(14)15/h1-4H,5-7H2,(H,13,16)(H,14,15). The van der Waals surface area contributed by atoms with Crippen molar-refractivity contribution in [3.05, 3.63) is 35.4 Å². The van der Waals surface area contributed by atoms with E-state index in [1.54, 1.807) is 12.1 Å². The largest absolute Gasteiger partial charge is 0.481 e. The van der Waals surface area contributed by atoms with Crippen LogP contribution in [0.4, 0.5) is 0 Å². The number of halogens is 1. The molecule has 0 aliphatic rings. The molecule has 0 bridgehead atoms. The zero-order chi connectivity index (χ0) is 12.0. The van der Waals surface area contributed by atoms with Crippen LogP contribution in [0.25, 0.3) is 0 Å². The molecule has 0 unspecified atom stereocenters. The van der Waals surface area contributed by atoms with Crippen LogP contribution in [0.2, 0.25) is 0 Å². The van der Waals surface area contributed by atoms with Crippen molar-refractivity contribution in [1.82, 2.24) is 5.32 Å². The highest BCUT2D eigenvalue weighted by molar-refractivity contribution is 9.08. The number of carbonyl (C=O) groups is 2. The Morgan fingerprint density at radius 3 is 2.38 bits per heavy atom. The highest BCUT2D eigenvalue weighted by Crippen LogP contribution is 2.07. The van der Waals surface area contributed by atoms with Crippen molar-refractivity contribution >= 4 is 27.8 Å². The van der Waals surface area contributed by atoms with E-state index in [0.29, 0.717) is 5.56 Å². The van der Waals surface area contributed by atoms with Crippen LogP contribution in [-0.4, -0.2) is 23.5 Å². The molecule has 86 valence electrons. The fourth-order valence-corrected chi connectivity index (χ4v) is 1.50. The van der Waals surface area contributed by atoms with Gasteiger partial charge in [-0.2, -0.15) is 0 Å². The lowest BCUT2D eigenvalue weighted by Gasteiger charge is -2.03. The molecule has 5 heteroatoms. The average molecular weight is 286 g/mol. The third kappa shape index (κ3) is 4.02. The number of carbonyl (C=O) groups excluding carboxylic acids is 1. The summed E-state index contributed by atoms with van der Waals surface area (Å²) in [6.45, 7) is 0.147. The van der Waals surface area contributed by atoms with E-state index in [1.807, 2.05) is 12.1 Å². The Balaban J connectivity index is 2.49. The van der Waals surface area contributed by atoms with Gasteiger partial charge in [-0.25, -0.2) is 0 Å². The van der Waals surface area contributed by atoms with Crippen LogP contribution in [0, 0.1) is 0 Å². The zero-order valence-corrected chi connectivity index (χ0v) is 10.2. The van der Waals surface area contributed by atoms with Gasteiger partial charge in [-0.15, -0.1) is 0 Å². The quantitative estimate of drug-likeness (QED) is 0.811. The summed E-state index contributed by atoms with van der Waals surface area (Å²) in [4.78, 5) is 21.8. The maximum Gasteiger partial charge on any atom is 0.305 e. The predicted molar refractivity (Wildman–Crippen MR) is 63.7 cm³/mol. The lowest BCUT2D eigenvalue weighted by atomic mass is 10.1. The number of carboxylic acids is 1. The second-order valence-electron chi connectivity index (χ2n) is 3.23. The highest BCUT2D eigenvalue weighted by atomic mass is 79.9. The van der Waals surface area contributed by atoms with Gasteiger partial charge in [0.05, 0.1) is 6.42 Å². The first kappa shape index (κ1) is 12.7. The molecule has 0 aromatic heterocycles. The Bertz CT molecular complexity index is 375. The molecule has 16 heavy (non-hydrogen) atoms. The minimum atomic E-state index is -0.921. The summed E-state index contributed by atoms with van der Waals surface area (Å²) < 4.78 is 0. The predicted octanol–water partition coefficient (Wildman–Crippen LogP) is 1.79. The van der Waals surface area contributed by atoms with E-state index in [-0.39, 0.29) is 18.9 Å². The Morgan fingerprint density at radius 2 is 1.88 bits per heavy atom. The summed E-state index contributed by atoms with van der Waals surface area (Å²) in [6.07, 6.45) is -0.0643. The second kappa shape index (κ2) is 6.27. The van der Waals surface area contributed by atoms with Gasteiger partial charge in [0.2, 0.25) is 0 Å². The highest BCUT2D eigenvalue weighted by Gasteiger charge is 2.05. The normalized spacial score (nSPS) is 9.81. The Labute approximate surface area is 102 Å². The fourth-order valence-electron chi connectivity index (χ4n) is 1.13. The molecule has 0 saturated carbocycles. The second-order valence-corrected chi connectivity index (χ2v) is 3.79. The topological polar surface area (TPSA) is 66.4 Å². The first-order valence-electron chi connectivity index (χ1n) is 4.78. The van der Waals surface area contributed by atoms with E-state index in [0.717, 1.165) is 10.9 Å². The monoisotopic (exact) mass is 285 g/mol. The zero-order valence-electron chi connectivity index (χ0n) is 8.57. The molecular formula is C11H12BrNO3. The summed E-state index contributed by atoms with van der Waals surface area (Å²) in [5.74, 6) is -1.17. The summed E-state index contributed by atoms with van der Waals surface area (Å²) in [5, 5.41) is 11.7. The van der Waals surface area contributed by atoms with Crippen LogP contribution >= 0.6 is 15.9 Å². The molecule has 0 aliphatic carbocycles. The minimum absolute atomic E-state index is 0.0643. The number of hydrogen-bond acceptors (Lipinski definition) is 2. The summed E-state index contributed by atoms with van der Waals surface area (Å²) in [6, 6.07) is 7.13. The molecule has 1 aromatic rings. The molecule has 0 atom stereocenters. The van der Waals surface area contributed by atoms with Crippen molar-refractivity contribution in [3.63, 3.8) is 0 Å². The van der Waals surface area contributed by atoms with Gasteiger partial charge in [0.25, 0.3) is 5.91 Å². The molecule has 0 heterocycles. The number of rotatable bonds is 5. The Morgan fingerprint density at radius 1 is 1.25 bits per heavy atom. The molecular weight excluding hydrogens is 274 g/mol. The van der Waals surface area contributed by atoms with Gasteiger partial charge in [0.15, 0.2) is 0 Å². The van der Waals surface area contributed by atoms with Crippen LogP contribution in [0.15, 0.2) is 24.3 Å². The Kier molecular flexibility index (Phi) is 4.98. The molecule has 0 radical (unpaired) electrons. The third-order valence-corrected chi connectivity index (χ3v) is 2.64. The van der Waals surface area contributed by atoms with Crippen LogP contribution in [0.1, 0.15) is 22.3 Å². The fraction of sp³-hybridized carbons (Fsp3) is 0.273. The van der Waals surface area contributed by atoms with Crippen molar-refractivity contribution < 1.29 is 14.7 Å². The minimum Gasteiger partial charge on any atom is -0.481 e. The smallest absolute Gasteiger partial charge is 0.305 e. The maximum atomic E-state index is 11.5. The van der Waals surface area contributed by atoms with E-state index in [1.165, 1.54) is 0 Å². The molecule has 0 fully saturated rings. The first-order chi connectivity index (χ1) is 7.63. The molecule has 0 aliphatic heterocycles. The summed E-state index contributed by atoms with van der Waals surface area (Å²) in [7, 11) is 0. The van der Waals surface area contributed by atoms with Gasteiger partial charge in [-0.05, 0) is 17.7 Å². The van der Waals surface area contributed by atoms with Gasteiger partial charge in [-0.1, -0.05) is 28.1 Å². The van der Waals surface area contributed by atoms with Crippen molar-refractivity contribution in [1.29, 1.82) is 0 Å². The van der Waals surface area contributed by atoms with Gasteiger partial charge < -0.3 is 10.4 Å². The molecule has 0 spiro atoms. The van der Waals surface area contributed by atoms with Crippen molar-refractivity contribution in [3.8, 4) is 0 Å². The van der Waals surface area contributed by atoms with Gasteiger partial charge in [0.1, 0.15) is 0 Å². The van der Waals surface area contributed by atoms with E-state index in [2.05, 4.69) is 21.2 Å². The maximum absolute atomic E-state index is 11.5. The van der Waals surface area contributed by atoms with Crippen LogP contribution < -0.4 is 5.32 Å². The number of alkyl halides is 1. The van der Waals surface area contributed by atoms with Gasteiger partial charge >= 0.3 is 5.97 Å². The van der Waals surface area contributed by atoms with Crippen molar-refractivity contribution in [2.24, 2.45) is 0 Å². The molecule has 1 amide bonds. The van der Waals surface area contributed by atoms with Gasteiger partial charge in [-0.3, -0.25) is 9.59 Å². The molecule has 2 N–H and O–H groups in total. The van der Waals surface area contributed by atoms with E-state index >= 15 is 0 Å². The number of aliphatic carboxylic acids is 1. The van der Waals surface area contributed by atoms with Gasteiger partial charge in [0, 0.05) is 17.4 Å². The molecule has 1 rings (SSSR count). The van der Waals surface area contributed by atoms with Crippen molar-refractivity contribution in [2.75, 3.05) is 6.54 Å². The molecule has 4 nitrogen and oxygen atoms in total.